The molecule has 1 aromatic carbocycles. The van der Waals surface area contributed by atoms with E-state index in [1.165, 1.54) is 11.0 Å². The molecule has 0 unspecified atom stereocenters. The molecule has 0 atom stereocenters. The van der Waals surface area contributed by atoms with Crippen LogP contribution in [0.4, 0.5) is 10.5 Å². The molecule has 3 aromatic rings. The Balaban J connectivity index is 1.76. The maximum Gasteiger partial charge on any atom is 0.364 e. The Kier molecular flexibility index (Phi) is 4.07. The minimum absolute atomic E-state index is 0.204. The van der Waals surface area contributed by atoms with E-state index in [4.69, 9.17) is 4.42 Å². The lowest BCUT2D eigenvalue weighted by molar-refractivity contribution is 0.259. The molecule has 0 saturated carbocycles. The highest BCUT2D eigenvalue weighted by Gasteiger charge is 2.21. The van der Waals surface area contributed by atoms with E-state index in [1.54, 1.807) is 25.1 Å². The van der Waals surface area contributed by atoms with Crippen molar-refractivity contribution in [2.45, 2.75) is 39.7 Å². The van der Waals surface area contributed by atoms with Crippen molar-refractivity contribution in [2.24, 2.45) is 0 Å². The molecule has 0 aliphatic carbocycles. The summed E-state index contributed by atoms with van der Waals surface area (Å²) in [6.45, 7) is 8.25. The number of nitrogens with one attached hydrogen (secondary N) is 2. The number of benzene rings is 1. The molecule has 0 bridgehead atoms. The molecule has 0 saturated heterocycles. The zero-order chi connectivity index (χ0) is 18.2. The summed E-state index contributed by atoms with van der Waals surface area (Å²) in [5, 5.41) is 6.52. The highest BCUT2D eigenvalue weighted by Crippen LogP contribution is 2.27. The van der Waals surface area contributed by atoms with Crippen molar-refractivity contribution in [3.05, 3.63) is 40.9 Å². The zero-order valence-corrected chi connectivity index (χ0v) is 14.5. The van der Waals surface area contributed by atoms with Crippen molar-refractivity contribution in [3.63, 3.8) is 0 Å². The van der Waals surface area contributed by atoms with Gasteiger partial charge in [-0.25, -0.2) is 24.7 Å². The lowest BCUT2D eigenvalue weighted by Gasteiger charge is -2.11. The van der Waals surface area contributed by atoms with Gasteiger partial charge in [0.25, 0.3) is 0 Å². The monoisotopic (exact) mass is 344 g/mol. The van der Waals surface area contributed by atoms with E-state index in [0.29, 0.717) is 29.2 Å². The summed E-state index contributed by atoms with van der Waals surface area (Å²) >= 11 is 0. The third-order valence-electron chi connectivity index (χ3n) is 3.54. The van der Waals surface area contributed by atoms with Crippen LogP contribution in [0, 0.1) is 0 Å². The smallest absolute Gasteiger partial charge is 0.364 e. The fraction of sp³-hybridized carbons (Fsp3) is 0.375. The van der Waals surface area contributed by atoms with Crippen molar-refractivity contribution < 1.29 is 9.21 Å². The second-order valence-corrected chi connectivity index (χ2v) is 6.62. The van der Waals surface area contributed by atoms with Gasteiger partial charge < -0.3 is 9.73 Å². The summed E-state index contributed by atoms with van der Waals surface area (Å²) in [4.78, 5) is 28.4. The Labute approximate surface area is 143 Å². The second-order valence-electron chi connectivity index (χ2n) is 6.62. The van der Waals surface area contributed by atoms with E-state index in [1.807, 2.05) is 20.8 Å². The first kappa shape index (κ1) is 16.7. The van der Waals surface area contributed by atoms with Crippen molar-refractivity contribution in [1.82, 2.24) is 19.4 Å². The number of carbonyl (C=O) groups is 1. The summed E-state index contributed by atoms with van der Waals surface area (Å²) in [6.07, 6.45) is 1.25. The molecule has 2 heterocycles. The predicted molar refractivity (Wildman–Crippen MR) is 93.2 cm³/mol. The largest absolute Gasteiger partial charge is 0.440 e. The van der Waals surface area contributed by atoms with Crippen molar-refractivity contribution >= 4 is 22.8 Å². The number of oxazole rings is 1. The van der Waals surface area contributed by atoms with Crippen molar-refractivity contribution in [2.75, 3.05) is 10.7 Å². The number of aryl methyl sites for hydroxylation is 1. The van der Waals surface area contributed by atoms with E-state index in [-0.39, 0.29) is 5.41 Å². The molecule has 2 N–H and O–H groups in total. The van der Waals surface area contributed by atoms with Crippen LogP contribution in [0.1, 0.15) is 33.6 Å². The third kappa shape index (κ3) is 3.39. The van der Waals surface area contributed by atoms with Crippen LogP contribution in [0.3, 0.4) is 0 Å². The number of urea groups is 1. The van der Waals surface area contributed by atoms with Gasteiger partial charge in [0, 0.05) is 17.6 Å². The van der Waals surface area contributed by atoms with E-state index < -0.39 is 11.7 Å². The zero-order valence-electron chi connectivity index (χ0n) is 14.5. The lowest BCUT2D eigenvalue weighted by atomic mass is 9.97. The summed E-state index contributed by atoms with van der Waals surface area (Å²) in [5.74, 6) is 0.627. The number of fused-ring (bicyclic) bond motifs is 1. The molecule has 2 aromatic heterocycles. The molecule has 9 heteroatoms. The molecule has 0 radical (unpaired) electrons. The second kappa shape index (κ2) is 6.08. The molecule has 9 nitrogen and oxygen atoms in total. The van der Waals surface area contributed by atoms with Crippen LogP contribution in [0.5, 0.6) is 0 Å². The van der Waals surface area contributed by atoms with E-state index in [0.717, 1.165) is 4.68 Å². The molecule has 132 valence electrons. The van der Waals surface area contributed by atoms with Crippen LogP contribution < -0.4 is 16.4 Å². The van der Waals surface area contributed by atoms with Gasteiger partial charge in [0.2, 0.25) is 5.89 Å². The van der Waals surface area contributed by atoms with Gasteiger partial charge >= 0.3 is 11.7 Å². The van der Waals surface area contributed by atoms with E-state index in [9.17, 15) is 9.59 Å². The van der Waals surface area contributed by atoms with Gasteiger partial charge in [-0.1, -0.05) is 20.8 Å². The molecular formula is C16H20N6O3. The van der Waals surface area contributed by atoms with Crippen LogP contribution in [0.2, 0.25) is 0 Å². The van der Waals surface area contributed by atoms with Crippen LogP contribution in [0.25, 0.3) is 11.1 Å². The van der Waals surface area contributed by atoms with Gasteiger partial charge in [0.15, 0.2) is 5.58 Å². The van der Waals surface area contributed by atoms with Gasteiger partial charge in [-0.15, -0.1) is 0 Å². The number of anilines is 1. The Morgan fingerprint density at radius 1 is 1.32 bits per heavy atom. The minimum atomic E-state index is -0.559. The van der Waals surface area contributed by atoms with Crippen LogP contribution in [0.15, 0.2) is 33.7 Å². The number of hydrogen-bond acceptors (Lipinski definition) is 5. The average molecular weight is 344 g/mol. The number of aromatic nitrogens is 4. The Bertz CT molecular complexity index is 976. The van der Waals surface area contributed by atoms with Crippen molar-refractivity contribution in [1.29, 1.82) is 0 Å². The first-order chi connectivity index (χ1) is 11.8. The van der Waals surface area contributed by atoms with E-state index >= 15 is 0 Å². The summed E-state index contributed by atoms with van der Waals surface area (Å²) in [6, 6.07) is 4.61. The Morgan fingerprint density at radius 2 is 2.08 bits per heavy atom. The predicted octanol–water partition coefficient (Wildman–Crippen LogP) is 2.28. The number of hydrogen-bond donors (Lipinski definition) is 2. The number of nitrogens with zero attached hydrogens (tertiary/aromatic N) is 4. The van der Waals surface area contributed by atoms with Crippen molar-refractivity contribution in [3.8, 4) is 0 Å². The van der Waals surface area contributed by atoms with Gasteiger partial charge in [-0.05, 0) is 25.1 Å². The summed E-state index contributed by atoms with van der Waals surface area (Å²) in [7, 11) is 0. The number of rotatable bonds is 3. The Morgan fingerprint density at radius 3 is 2.72 bits per heavy atom. The topological polar surface area (TPSA) is 107 Å². The summed E-state index contributed by atoms with van der Waals surface area (Å²) < 4.78 is 7.97. The molecule has 2 amide bonds. The van der Waals surface area contributed by atoms with Gasteiger partial charge in [0.05, 0.1) is 0 Å². The van der Waals surface area contributed by atoms with Crippen LogP contribution in [-0.4, -0.2) is 25.5 Å². The normalized spacial score (nSPS) is 11.7. The van der Waals surface area contributed by atoms with Gasteiger partial charge in [-0.2, -0.15) is 9.77 Å². The highest BCUT2D eigenvalue weighted by molar-refractivity contribution is 5.96. The fourth-order valence-corrected chi connectivity index (χ4v) is 2.23. The third-order valence-corrected chi connectivity index (χ3v) is 3.54. The maximum absolute atomic E-state index is 12.1. The molecule has 0 aliphatic rings. The first-order valence-electron chi connectivity index (χ1n) is 7.91. The number of carbonyl (C=O) groups excluding carboxylic acids is 1. The SMILES string of the molecule is CCn1ncn(NC(=O)Nc2ccc3oc(C(C)(C)C)nc3c2)c1=O. The quantitative estimate of drug-likeness (QED) is 0.758. The lowest BCUT2D eigenvalue weighted by Crippen LogP contribution is -2.36. The van der Waals surface area contributed by atoms with E-state index in [2.05, 4.69) is 20.8 Å². The first-order valence-corrected chi connectivity index (χ1v) is 7.91. The average Bonchev–Trinajstić information content (AvgIpc) is 3.11. The molecule has 3 rings (SSSR count). The van der Waals surface area contributed by atoms with Gasteiger partial charge in [0.1, 0.15) is 11.8 Å². The molecular weight excluding hydrogens is 324 g/mol. The highest BCUT2D eigenvalue weighted by atomic mass is 16.3. The van der Waals surface area contributed by atoms with Crippen LogP contribution in [-0.2, 0) is 12.0 Å². The Hall–Kier alpha value is -3.10. The van der Waals surface area contributed by atoms with Crippen LogP contribution >= 0.6 is 0 Å². The maximum atomic E-state index is 12.1. The standard InChI is InChI=1S/C16H20N6O3/c1-5-21-15(24)22(9-17-21)20-14(23)18-10-6-7-12-11(8-10)19-13(25-12)16(2,3)4/h6-9H,5H2,1-4H3,(H2,18,20,23). The minimum Gasteiger partial charge on any atom is -0.440 e. The molecule has 0 spiro atoms. The molecule has 0 aliphatic heterocycles. The molecule has 25 heavy (non-hydrogen) atoms. The van der Waals surface area contributed by atoms with Gasteiger partial charge in [-0.3, -0.25) is 0 Å². The fourth-order valence-electron chi connectivity index (χ4n) is 2.23. The number of amides is 2. The molecule has 0 fully saturated rings. The summed E-state index contributed by atoms with van der Waals surface area (Å²) in [5.41, 5.74) is 3.63.